The molecule has 3 rings (SSSR count). The normalized spacial score (nSPS) is 18.6. The highest BCUT2D eigenvalue weighted by molar-refractivity contribution is 5.73. The third kappa shape index (κ3) is 3.73. The lowest BCUT2D eigenvalue weighted by Gasteiger charge is -2.25. The molecule has 0 saturated carbocycles. The van der Waals surface area contributed by atoms with Crippen LogP contribution in [0.2, 0.25) is 0 Å². The van der Waals surface area contributed by atoms with Gasteiger partial charge in [0.05, 0.1) is 0 Å². The first-order valence-electron chi connectivity index (χ1n) is 11.0. The summed E-state index contributed by atoms with van der Waals surface area (Å²) in [6, 6.07) is 6.96. The van der Waals surface area contributed by atoms with Crippen LogP contribution in [0.25, 0.3) is 16.8 Å². The minimum atomic E-state index is -0.0345. The number of rotatable bonds is 7. The summed E-state index contributed by atoms with van der Waals surface area (Å²) in [6.45, 7) is 17.4. The molecule has 0 saturated heterocycles. The molecule has 1 atom stereocenters. The van der Waals surface area contributed by atoms with Gasteiger partial charge in [0.25, 0.3) is 6.33 Å². The van der Waals surface area contributed by atoms with E-state index in [2.05, 4.69) is 89.4 Å². The first-order chi connectivity index (χ1) is 13.9. The quantitative estimate of drug-likeness (QED) is 0.375. The Balaban J connectivity index is 2.22. The lowest BCUT2D eigenvalue weighted by atomic mass is 9.83. The molecule has 2 nitrogen and oxygen atoms in total. The smallest absolute Gasteiger partial charge is 0.220 e. The van der Waals surface area contributed by atoms with Crippen molar-refractivity contribution in [3.05, 3.63) is 77.3 Å². The fourth-order valence-corrected chi connectivity index (χ4v) is 4.93. The van der Waals surface area contributed by atoms with Crippen LogP contribution in [-0.4, -0.2) is 4.98 Å². The highest BCUT2D eigenvalue weighted by Crippen LogP contribution is 2.42. The molecule has 0 fully saturated rings. The molecule has 2 heterocycles. The van der Waals surface area contributed by atoms with Gasteiger partial charge in [-0.25, -0.2) is 4.57 Å². The van der Waals surface area contributed by atoms with E-state index in [1.807, 2.05) is 6.08 Å². The van der Waals surface area contributed by atoms with Gasteiger partial charge in [-0.05, 0) is 68.3 Å². The largest absolute Gasteiger partial charge is 0.288 e. The first-order valence-corrected chi connectivity index (χ1v) is 11.0. The van der Waals surface area contributed by atoms with Crippen LogP contribution in [0.3, 0.4) is 0 Å². The summed E-state index contributed by atoms with van der Waals surface area (Å²) >= 11 is 0. The van der Waals surface area contributed by atoms with Crippen LogP contribution in [0.1, 0.15) is 75.8 Å². The minimum absolute atomic E-state index is 0.0345. The monoisotopic (exact) mass is 387 g/mol. The van der Waals surface area contributed by atoms with E-state index in [1.165, 1.54) is 39.1 Å². The van der Waals surface area contributed by atoms with Gasteiger partial charge in [0.15, 0.2) is 5.69 Å². The zero-order chi connectivity index (χ0) is 21.2. The van der Waals surface area contributed by atoms with Crippen molar-refractivity contribution < 1.29 is 4.57 Å². The molecule has 29 heavy (non-hydrogen) atoms. The second-order valence-electron chi connectivity index (χ2n) is 8.40. The molecule has 0 amide bonds. The number of aryl methyl sites for hydroxylation is 2. The Morgan fingerprint density at radius 3 is 2.55 bits per heavy atom. The lowest BCUT2D eigenvalue weighted by molar-refractivity contribution is -0.738. The van der Waals surface area contributed by atoms with Crippen LogP contribution >= 0.6 is 0 Å². The molecular weight excluding hydrogens is 352 g/mol. The summed E-state index contributed by atoms with van der Waals surface area (Å²) in [4.78, 5) is 4.91. The Bertz CT molecular complexity index is 994. The van der Waals surface area contributed by atoms with E-state index in [-0.39, 0.29) is 5.54 Å². The van der Waals surface area contributed by atoms with E-state index in [0.29, 0.717) is 0 Å². The average molecular weight is 388 g/mol. The van der Waals surface area contributed by atoms with E-state index in [4.69, 9.17) is 4.98 Å². The van der Waals surface area contributed by atoms with Gasteiger partial charge in [-0.1, -0.05) is 57.6 Å². The van der Waals surface area contributed by atoms with Crippen molar-refractivity contribution in [2.45, 2.75) is 72.8 Å². The summed E-state index contributed by atoms with van der Waals surface area (Å²) in [5.74, 6) is 0. The van der Waals surface area contributed by atoms with Crippen LogP contribution in [-0.2, 0) is 5.54 Å². The number of allylic oxidation sites excluding steroid dienone is 5. The number of fused-ring (bicyclic) bond motifs is 3. The number of hydrogen-bond acceptors (Lipinski definition) is 1. The maximum atomic E-state index is 4.91. The summed E-state index contributed by atoms with van der Waals surface area (Å²) in [6.07, 6.45) is 12.6. The Hall–Kier alpha value is -2.48. The maximum absolute atomic E-state index is 4.91. The standard InChI is InChI=1S/C27H35N2/c1-8-12-21(10-3)16-22(11-4)24-17-25-23-15-19(5)14-20(6)26(23)27(7,13-9-2)29(25)18-28-24/h10,12,14-18H,3,8-9,11,13H2,1-2,4-7H3/q+1. The number of nitrogens with zero attached hydrogens (tertiary/aromatic N) is 2. The predicted octanol–water partition coefficient (Wildman–Crippen LogP) is 6.85. The van der Waals surface area contributed by atoms with E-state index < -0.39 is 0 Å². The molecule has 1 aliphatic heterocycles. The van der Waals surface area contributed by atoms with Crippen molar-refractivity contribution in [2.24, 2.45) is 0 Å². The number of aromatic nitrogens is 2. The van der Waals surface area contributed by atoms with Gasteiger partial charge in [-0.2, -0.15) is 0 Å². The Morgan fingerprint density at radius 1 is 1.17 bits per heavy atom. The van der Waals surface area contributed by atoms with Gasteiger partial charge in [0.2, 0.25) is 0 Å². The highest BCUT2D eigenvalue weighted by Gasteiger charge is 2.44. The van der Waals surface area contributed by atoms with Crippen LogP contribution in [0.15, 0.2) is 54.9 Å². The van der Waals surface area contributed by atoms with Gasteiger partial charge in [-0.3, -0.25) is 0 Å². The summed E-state index contributed by atoms with van der Waals surface area (Å²) in [5.41, 5.74) is 10.3. The second-order valence-corrected chi connectivity index (χ2v) is 8.40. The molecule has 0 bridgehead atoms. The predicted molar refractivity (Wildman–Crippen MR) is 124 cm³/mol. The summed E-state index contributed by atoms with van der Waals surface area (Å²) in [7, 11) is 0. The number of hydrogen-bond donors (Lipinski definition) is 0. The van der Waals surface area contributed by atoms with E-state index >= 15 is 0 Å². The van der Waals surface area contributed by atoms with Crippen molar-refractivity contribution in [1.29, 1.82) is 0 Å². The molecule has 2 aromatic rings. The molecule has 2 heteroatoms. The molecular formula is C27H35N2+. The van der Waals surface area contributed by atoms with Crippen LogP contribution in [0.5, 0.6) is 0 Å². The van der Waals surface area contributed by atoms with Gasteiger partial charge < -0.3 is 0 Å². The fraction of sp³-hybridized carbons (Fsp3) is 0.407. The molecule has 0 N–H and O–H groups in total. The zero-order valence-corrected chi connectivity index (χ0v) is 19.0. The van der Waals surface area contributed by atoms with Gasteiger partial charge in [0.1, 0.15) is 11.2 Å². The summed E-state index contributed by atoms with van der Waals surface area (Å²) in [5, 5.41) is 0. The molecule has 1 aliphatic rings. The third-order valence-electron chi connectivity index (χ3n) is 6.13. The van der Waals surface area contributed by atoms with Crippen molar-refractivity contribution in [3.8, 4) is 11.3 Å². The molecule has 1 unspecified atom stereocenters. The Labute approximate surface area is 176 Å². The highest BCUT2D eigenvalue weighted by atomic mass is 15.1. The zero-order valence-electron chi connectivity index (χ0n) is 19.0. The SMILES string of the molecule is C=CC(=CCC)C=C(CC)c1cc2[n+](cn1)C(C)(CCC)c1c(C)cc(C)cc1-2. The Kier molecular flexibility index (Phi) is 6.21. The summed E-state index contributed by atoms with van der Waals surface area (Å²) < 4.78 is 2.40. The van der Waals surface area contributed by atoms with E-state index in [1.54, 1.807) is 0 Å². The van der Waals surface area contributed by atoms with Crippen LogP contribution in [0.4, 0.5) is 0 Å². The van der Waals surface area contributed by atoms with Crippen LogP contribution < -0.4 is 4.57 Å². The molecule has 152 valence electrons. The molecule has 1 aromatic heterocycles. The van der Waals surface area contributed by atoms with Crippen LogP contribution in [0, 0.1) is 13.8 Å². The molecule has 0 aliphatic carbocycles. The van der Waals surface area contributed by atoms with Crippen molar-refractivity contribution in [3.63, 3.8) is 0 Å². The molecule has 1 aromatic carbocycles. The topological polar surface area (TPSA) is 16.8 Å². The fourth-order valence-electron chi connectivity index (χ4n) is 4.93. The van der Waals surface area contributed by atoms with E-state index in [9.17, 15) is 0 Å². The van der Waals surface area contributed by atoms with Gasteiger partial charge >= 0.3 is 0 Å². The molecule has 0 spiro atoms. The first kappa shape index (κ1) is 21.2. The van der Waals surface area contributed by atoms with Crippen molar-refractivity contribution in [2.75, 3.05) is 0 Å². The second kappa shape index (κ2) is 8.49. The third-order valence-corrected chi connectivity index (χ3v) is 6.13. The average Bonchev–Trinajstić information content (AvgIpc) is 2.93. The lowest BCUT2D eigenvalue weighted by Crippen LogP contribution is -2.53. The number of benzene rings is 1. The van der Waals surface area contributed by atoms with E-state index in [0.717, 1.165) is 31.4 Å². The van der Waals surface area contributed by atoms with Gasteiger partial charge in [0, 0.05) is 22.8 Å². The Morgan fingerprint density at radius 2 is 1.93 bits per heavy atom. The van der Waals surface area contributed by atoms with Crippen molar-refractivity contribution >= 4 is 5.57 Å². The minimum Gasteiger partial charge on any atom is -0.220 e. The maximum Gasteiger partial charge on any atom is 0.288 e. The van der Waals surface area contributed by atoms with Gasteiger partial charge in [-0.15, -0.1) is 0 Å². The molecule has 0 radical (unpaired) electrons. The van der Waals surface area contributed by atoms with Crippen molar-refractivity contribution in [1.82, 2.24) is 4.98 Å².